The quantitative estimate of drug-likeness (QED) is 0.235. The number of carbonyl (C=O) groups is 2. The molecule has 0 saturated carbocycles. The molecule has 0 radical (unpaired) electrons. The number of carbonyl (C=O) groups excluding carboxylic acids is 2. The monoisotopic (exact) mass is 501 g/mol. The van der Waals surface area contributed by atoms with Crippen LogP contribution in [0, 0.1) is 0 Å². The molecule has 3 aromatic carbocycles. The molecule has 1 N–H and O–H groups in total. The highest BCUT2D eigenvalue weighted by Crippen LogP contribution is 2.42. The number of benzene rings is 3. The Morgan fingerprint density at radius 2 is 1.62 bits per heavy atom. The van der Waals surface area contributed by atoms with Gasteiger partial charge >= 0.3 is 0 Å². The Morgan fingerprint density at radius 3 is 2.27 bits per heavy atom. The molecule has 37 heavy (non-hydrogen) atoms. The first-order chi connectivity index (χ1) is 18.0. The lowest BCUT2D eigenvalue weighted by Gasteiger charge is -2.26. The number of hydrogen-bond donors (Lipinski definition) is 1. The third-order valence-electron chi connectivity index (χ3n) is 6.35. The van der Waals surface area contributed by atoms with Crippen LogP contribution in [0.15, 0.2) is 78.4 Å². The predicted molar refractivity (Wildman–Crippen MR) is 141 cm³/mol. The van der Waals surface area contributed by atoms with Gasteiger partial charge in [0.15, 0.2) is 11.5 Å². The molecule has 4 rings (SSSR count). The fourth-order valence-corrected chi connectivity index (χ4v) is 4.46. The van der Waals surface area contributed by atoms with E-state index in [9.17, 15) is 14.7 Å². The van der Waals surface area contributed by atoms with Crippen molar-refractivity contribution < 1.29 is 28.9 Å². The number of hydrogen-bond acceptors (Lipinski definition) is 6. The van der Waals surface area contributed by atoms with Crippen molar-refractivity contribution in [3.8, 4) is 17.2 Å². The summed E-state index contributed by atoms with van der Waals surface area (Å²) in [4.78, 5) is 28.1. The van der Waals surface area contributed by atoms with Gasteiger partial charge in [0.2, 0.25) is 0 Å². The minimum Gasteiger partial charge on any atom is -0.507 e. The highest BCUT2D eigenvalue weighted by molar-refractivity contribution is 6.46. The van der Waals surface area contributed by atoms with E-state index in [1.54, 1.807) is 42.5 Å². The van der Waals surface area contributed by atoms with Crippen molar-refractivity contribution in [1.82, 2.24) is 4.90 Å². The van der Waals surface area contributed by atoms with Crippen LogP contribution in [0.2, 0.25) is 0 Å². The van der Waals surface area contributed by atoms with Crippen LogP contribution in [0.4, 0.5) is 0 Å². The molecule has 1 unspecified atom stereocenters. The van der Waals surface area contributed by atoms with Gasteiger partial charge in [-0.25, -0.2) is 0 Å². The van der Waals surface area contributed by atoms with Gasteiger partial charge in [0, 0.05) is 12.1 Å². The van der Waals surface area contributed by atoms with E-state index in [1.165, 1.54) is 19.1 Å². The third-order valence-corrected chi connectivity index (χ3v) is 6.35. The van der Waals surface area contributed by atoms with Gasteiger partial charge in [-0.3, -0.25) is 9.59 Å². The molecule has 3 aromatic rings. The number of aliphatic hydroxyl groups is 1. The SMILES string of the molecule is CCCOc1ccc(C(O)=C2C(=O)C(=O)N(CCc3ccccc3)C2c2ccc(OC)c(OC)c2)cc1. The zero-order chi connectivity index (χ0) is 26.4. The Morgan fingerprint density at radius 1 is 0.919 bits per heavy atom. The van der Waals surface area contributed by atoms with Gasteiger partial charge in [-0.15, -0.1) is 0 Å². The van der Waals surface area contributed by atoms with Gasteiger partial charge in [-0.05, 0) is 60.4 Å². The average Bonchev–Trinajstić information content (AvgIpc) is 3.20. The molecule has 0 bridgehead atoms. The van der Waals surface area contributed by atoms with Gasteiger partial charge in [-0.1, -0.05) is 43.3 Å². The smallest absolute Gasteiger partial charge is 0.295 e. The number of aliphatic hydroxyl groups excluding tert-OH is 1. The average molecular weight is 502 g/mol. The van der Waals surface area contributed by atoms with E-state index < -0.39 is 17.7 Å². The van der Waals surface area contributed by atoms with Gasteiger partial charge in [-0.2, -0.15) is 0 Å². The number of ether oxygens (including phenoxy) is 3. The Labute approximate surface area is 216 Å². The first kappa shape index (κ1) is 25.8. The van der Waals surface area contributed by atoms with Gasteiger partial charge in [0.05, 0.1) is 32.4 Å². The molecule has 0 spiro atoms. The minimum absolute atomic E-state index is 0.0347. The van der Waals surface area contributed by atoms with Crippen LogP contribution in [0.25, 0.3) is 5.76 Å². The summed E-state index contributed by atoms with van der Waals surface area (Å²) in [5.41, 5.74) is 2.13. The normalized spacial score (nSPS) is 16.6. The zero-order valence-corrected chi connectivity index (χ0v) is 21.3. The zero-order valence-electron chi connectivity index (χ0n) is 21.3. The Hall–Kier alpha value is -4.26. The minimum atomic E-state index is -0.792. The third kappa shape index (κ3) is 5.45. The molecule has 1 aliphatic heterocycles. The molecule has 1 atom stereocenters. The van der Waals surface area contributed by atoms with Crippen molar-refractivity contribution in [3.63, 3.8) is 0 Å². The maximum absolute atomic E-state index is 13.3. The summed E-state index contributed by atoms with van der Waals surface area (Å²) in [6.07, 6.45) is 1.43. The van der Waals surface area contributed by atoms with Crippen LogP contribution in [-0.2, 0) is 16.0 Å². The van der Waals surface area contributed by atoms with E-state index in [1.807, 2.05) is 37.3 Å². The molecule has 7 heteroatoms. The van der Waals surface area contributed by atoms with Crippen LogP contribution < -0.4 is 14.2 Å². The van der Waals surface area contributed by atoms with Crippen molar-refractivity contribution in [3.05, 3.63) is 95.1 Å². The molecular formula is C30H31NO6. The molecule has 1 heterocycles. The molecule has 1 fully saturated rings. The van der Waals surface area contributed by atoms with E-state index in [0.717, 1.165) is 12.0 Å². The van der Waals surface area contributed by atoms with Gasteiger partial charge in [0.25, 0.3) is 11.7 Å². The molecule has 0 aliphatic carbocycles. The van der Waals surface area contributed by atoms with Gasteiger partial charge in [0.1, 0.15) is 11.5 Å². The molecule has 1 aliphatic rings. The highest BCUT2D eigenvalue weighted by atomic mass is 16.5. The lowest BCUT2D eigenvalue weighted by Crippen LogP contribution is -2.31. The Bertz CT molecular complexity index is 1280. The van der Waals surface area contributed by atoms with Crippen LogP contribution in [0.3, 0.4) is 0 Å². The van der Waals surface area contributed by atoms with Crippen LogP contribution >= 0.6 is 0 Å². The fraction of sp³-hybridized carbons (Fsp3) is 0.267. The number of amides is 1. The Balaban J connectivity index is 1.77. The van der Waals surface area contributed by atoms with Crippen molar-refractivity contribution in [2.45, 2.75) is 25.8 Å². The summed E-state index contributed by atoms with van der Waals surface area (Å²) in [5.74, 6) is 0.0404. The van der Waals surface area contributed by atoms with Crippen molar-refractivity contribution in [2.24, 2.45) is 0 Å². The Kier molecular flexibility index (Phi) is 8.13. The van der Waals surface area contributed by atoms with Crippen LogP contribution in [0.1, 0.15) is 36.1 Å². The molecular weight excluding hydrogens is 470 g/mol. The second-order valence-electron chi connectivity index (χ2n) is 8.72. The summed E-state index contributed by atoms with van der Waals surface area (Å²) in [6.45, 7) is 2.90. The molecule has 1 amide bonds. The molecule has 1 saturated heterocycles. The van der Waals surface area contributed by atoms with Crippen molar-refractivity contribution >= 4 is 17.4 Å². The fourth-order valence-electron chi connectivity index (χ4n) is 4.46. The number of ketones is 1. The molecule has 7 nitrogen and oxygen atoms in total. The number of likely N-dealkylation sites (tertiary alicyclic amines) is 1. The molecule has 192 valence electrons. The number of nitrogens with zero attached hydrogens (tertiary/aromatic N) is 1. The summed E-state index contributed by atoms with van der Waals surface area (Å²) >= 11 is 0. The van der Waals surface area contributed by atoms with E-state index in [4.69, 9.17) is 14.2 Å². The molecule has 0 aromatic heterocycles. The lowest BCUT2D eigenvalue weighted by molar-refractivity contribution is -0.139. The predicted octanol–water partition coefficient (Wildman–Crippen LogP) is 5.16. The largest absolute Gasteiger partial charge is 0.507 e. The summed E-state index contributed by atoms with van der Waals surface area (Å²) in [7, 11) is 3.06. The van der Waals surface area contributed by atoms with Crippen LogP contribution in [-0.4, -0.2) is 49.1 Å². The van der Waals surface area contributed by atoms with E-state index in [-0.39, 0.29) is 11.3 Å². The topological polar surface area (TPSA) is 85.3 Å². The second-order valence-corrected chi connectivity index (χ2v) is 8.72. The standard InChI is InChI=1S/C30H31NO6/c1-4-18-37-23-13-10-21(11-14-23)28(32)26-27(22-12-15-24(35-2)25(19-22)36-3)31(30(34)29(26)33)17-16-20-8-6-5-7-9-20/h5-15,19,27,32H,4,16-18H2,1-3H3. The highest BCUT2D eigenvalue weighted by Gasteiger charge is 2.46. The maximum atomic E-state index is 13.3. The number of Topliss-reactive ketones (excluding diaryl/α,β-unsaturated/α-hetero) is 1. The first-order valence-corrected chi connectivity index (χ1v) is 12.3. The van der Waals surface area contributed by atoms with Crippen molar-refractivity contribution in [1.29, 1.82) is 0 Å². The lowest BCUT2D eigenvalue weighted by atomic mass is 9.94. The summed E-state index contributed by atoms with van der Waals surface area (Å²) < 4.78 is 16.5. The maximum Gasteiger partial charge on any atom is 0.295 e. The second kappa shape index (κ2) is 11.6. The summed E-state index contributed by atoms with van der Waals surface area (Å²) in [6, 6.07) is 21.0. The van der Waals surface area contributed by atoms with E-state index in [0.29, 0.717) is 47.9 Å². The van der Waals surface area contributed by atoms with Crippen molar-refractivity contribution in [2.75, 3.05) is 27.4 Å². The first-order valence-electron chi connectivity index (χ1n) is 12.3. The number of methoxy groups -OCH3 is 2. The van der Waals surface area contributed by atoms with E-state index >= 15 is 0 Å². The summed E-state index contributed by atoms with van der Waals surface area (Å²) in [5, 5.41) is 11.3. The van der Waals surface area contributed by atoms with Crippen LogP contribution in [0.5, 0.6) is 17.2 Å². The van der Waals surface area contributed by atoms with Gasteiger partial charge < -0.3 is 24.2 Å². The number of rotatable bonds is 10. The van der Waals surface area contributed by atoms with E-state index in [2.05, 4.69) is 0 Å².